The van der Waals surface area contributed by atoms with Crippen molar-refractivity contribution in [1.29, 1.82) is 0 Å². The maximum absolute atomic E-state index is 5.61. The van der Waals surface area contributed by atoms with Gasteiger partial charge in [0, 0.05) is 83.9 Å². The van der Waals surface area contributed by atoms with E-state index in [1.807, 2.05) is 25.5 Å². The van der Waals surface area contributed by atoms with Gasteiger partial charge in [0.15, 0.2) is 5.96 Å². The average molecular weight is 573 g/mol. The quantitative estimate of drug-likeness (QED) is 0.289. The number of piperazine rings is 1. The molecule has 33 heavy (non-hydrogen) atoms. The number of guanidine groups is 1. The van der Waals surface area contributed by atoms with E-state index in [1.54, 1.807) is 0 Å². The van der Waals surface area contributed by atoms with Gasteiger partial charge >= 0.3 is 0 Å². The molecule has 186 valence electrons. The summed E-state index contributed by atoms with van der Waals surface area (Å²) in [6, 6.07) is 1.86. The smallest absolute Gasteiger partial charge is 0.225 e. The molecule has 0 aromatic carbocycles. The van der Waals surface area contributed by atoms with Crippen LogP contribution >= 0.6 is 24.0 Å². The van der Waals surface area contributed by atoms with Crippen LogP contribution in [0.1, 0.15) is 32.1 Å². The molecule has 1 aromatic heterocycles. The predicted octanol–water partition coefficient (Wildman–Crippen LogP) is 1.42. The number of aromatic nitrogens is 2. The van der Waals surface area contributed by atoms with Gasteiger partial charge in [0.05, 0.1) is 13.2 Å². The third-order valence-corrected chi connectivity index (χ3v) is 7.20. The number of morpholine rings is 1. The number of aliphatic imine (C=N–C) groups is 1. The van der Waals surface area contributed by atoms with Crippen molar-refractivity contribution < 1.29 is 4.74 Å². The monoisotopic (exact) mass is 572 g/mol. The van der Waals surface area contributed by atoms with Gasteiger partial charge in [0.25, 0.3) is 0 Å². The van der Waals surface area contributed by atoms with E-state index in [0.717, 1.165) is 84.0 Å². The first-order valence-electron chi connectivity index (χ1n) is 12.3. The van der Waals surface area contributed by atoms with Gasteiger partial charge in [-0.25, -0.2) is 9.97 Å². The fourth-order valence-electron chi connectivity index (χ4n) is 5.28. The van der Waals surface area contributed by atoms with E-state index >= 15 is 0 Å². The predicted molar refractivity (Wildman–Crippen MR) is 144 cm³/mol. The fourth-order valence-corrected chi connectivity index (χ4v) is 5.28. The molecule has 0 bridgehead atoms. The highest BCUT2D eigenvalue weighted by molar-refractivity contribution is 14.0. The summed E-state index contributed by atoms with van der Waals surface area (Å²) in [5.74, 6) is 1.76. The lowest BCUT2D eigenvalue weighted by molar-refractivity contribution is -0.0352. The molecule has 1 aromatic rings. The van der Waals surface area contributed by atoms with Crippen LogP contribution in [0.15, 0.2) is 23.5 Å². The number of hydrogen-bond acceptors (Lipinski definition) is 7. The van der Waals surface area contributed by atoms with E-state index in [-0.39, 0.29) is 29.5 Å². The Kier molecular flexibility index (Phi) is 10.9. The van der Waals surface area contributed by atoms with Crippen molar-refractivity contribution >= 4 is 35.9 Å². The third-order valence-electron chi connectivity index (χ3n) is 7.20. The summed E-state index contributed by atoms with van der Waals surface area (Å²) < 4.78 is 5.61. The van der Waals surface area contributed by atoms with E-state index in [2.05, 4.69) is 40.3 Å². The maximum Gasteiger partial charge on any atom is 0.225 e. The SMILES string of the molecule is CN=C(NCCN1CCN(c2ncccn2)CC1)NCC1(N2CCOCC2)CCCCC1.I. The summed E-state index contributed by atoms with van der Waals surface area (Å²) in [7, 11) is 1.87. The van der Waals surface area contributed by atoms with Crippen molar-refractivity contribution in [2.75, 3.05) is 84.1 Å². The summed E-state index contributed by atoms with van der Waals surface area (Å²) in [5, 5.41) is 7.19. The minimum absolute atomic E-state index is 0. The lowest BCUT2D eigenvalue weighted by Gasteiger charge is -2.48. The van der Waals surface area contributed by atoms with E-state index in [4.69, 9.17) is 4.74 Å². The third kappa shape index (κ3) is 7.37. The van der Waals surface area contributed by atoms with Crippen LogP contribution in [-0.2, 0) is 4.74 Å². The molecule has 9 nitrogen and oxygen atoms in total. The minimum Gasteiger partial charge on any atom is -0.379 e. The molecule has 1 aliphatic carbocycles. The van der Waals surface area contributed by atoms with Crippen LogP contribution in [-0.4, -0.2) is 110 Å². The van der Waals surface area contributed by atoms with Crippen molar-refractivity contribution in [3.8, 4) is 0 Å². The first kappa shape index (κ1) is 26.4. The van der Waals surface area contributed by atoms with Gasteiger partial charge in [-0.15, -0.1) is 24.0 Å². The number of nitrogens with zero attached hydrogens (tertiary/aromatic N) is 6. The normalized spacial score (nSPS) is 22.5. The standard InChI is InChI=1S/C23H40N8O.HI/c1-24-21(28-20-23(6-3-2-4-7-23)31-16-18-32-19-17-31)25-10-11-29-12-14-30(15-13-29)22-26-8-5-9-27-22;/h5,8-9H,2-4,6-7,10-20H2,1H3,(H2,24,25,28);1H. The molecule has 0 spiro atoms. The first-order chi connectivity index (χ1) is 15.8. The molecular weight excluding hydrogens is 531 g/mol. The van der Waals surface area contributed by atoms with Gasteiger partial charge in [-0.3, -0.25) is 14.8 Å². The molecule has 0 amide bonds. The van der Waals surface area contributed by atoms with Crippen LogP contribution in [0.2, 0.25) is 0 Å². The Bertz CT molecular complexity index is 702. The molecule has 0 radical (unpaired) electrons. The van der Waals surface area contributed by atoms with Gasteiger partial charge in [-0.2, -0.15) is 0 Å². The Labute approximate surface area is 215 Å². The van der Waals surface area contributed by atoms with Crippen LogP contribution < -0.4 is 15.5 Å². The summed E-state index contributed by atoms with van der Waals surface area (Å²) in [6.07, 6.45) is 10.2. The zero-order chi connectivity index (χ0) is 22.1. The average Bonchev–Trinajstić information content (AvgIpc) is 2.88. The van der Waals surface area contributed by atoms with Crippen LogP contribution in [0.5, 0.6) is 0 Å². The highest BCUT2D eigenvalue weighted by Crippen LogP contribution is 2.33. The van der Waals surface area contributed by atoms with Crippen molar-refractivity contribution in [2.45, 2.75) is 37.6 Å². The van der Waals surface area contributed by atoms with Gasteiger partial charge in [0.2, 0.25) is 5.95 Å². The number of rotatable bonds is 7. The van der Waals surface area contributed by atoms with Crippen molar-refractivity contribution in [3.05, 3.63) is 18.5 Å². The Balaban J connectivity index is 0.00000306. The second-order valence-electron chi connectivity index (χ2n) is 9.11. The molecule has 10 heteroatoms. The Morgan fingerprint density at radius 2 is 1.70 bits per heavy atom. The van der Waals surface area contributed by atoms with Crippen LogP contribution in [0, 0.1) is 0 Å². The molecule has 3 fully saturated rings. The Morgan fingerprint density at radius 1 is 1.00 bits per heavy atom. The van der Waals surface area contributed by atoms with Crippen LogP contribution in [0.3, 0.4) is 0 Å². The maximum atomic E-state index is 5.61. The van der Waals surface area contributed by atoms with E-state index in [9.17, 15) is 0 Å². The highest BCUT2D eigenvalue weighted by atomic mass is 127. The zero-order valence-corrected chi connectivity index (χ0v) is 22.4. The van der Waals surface area contributed by atoms with Gasteiger partial charge < -0.3 is 20.3 Å². The second-order valence-corrected chi connectivity index (χ2v) is 9.11. The summed E-state index contributed by atoms with van der Waals surface area (Å²) in [5.41, 5.74) is 0.246. The number of halogens is 1. The van der Waals surface area contributed by atoms with E-state index in [0.29, 0.717) is 0 Å². The van der Waals surface area contributed by atoms with Crippen LogP contribution in [0.4, 0.5) is 5.95 Å². The Hall–Kier alpha value is -1.24. The van der Waals surface area contributed by atoms with Crippen molar-refractivity contribution in [1.82, 2.24) is 30.4 Å². The fraction of sp³-hybridized carbons (Fsp3) is 0.783. The second kappa shape index (κ2) is 13.6. The Morgan fingerprint density at radius 3 is 2.36 bits per heavy atom. The topological polar surface area (TPSA) is 81.2 Å². The first-order valence-corrected chi connectivity index (χ1v) is 12.3. The molecule has 2 N–H and O–H groups in total. The molecule has 2 aliphatic heterocycles. The number of nitrogens with one attached hydrogen (secondary N) is 2. The lowest BCUT2D eigenvalue weighted by Crippen LogP contribution is -2.60. The molecule has 1 saturated carbocycles. The molecule has 3 aliphatic rings. The summed E-state index contributed by atoms with van der Waals surface area (Å²) in [6.45, 7) is 10.7. The number of ether oxygens (including phenoxy) is 1. The van der Waals surface area contributed by atoms with Gasteiger partial charge in [-0.05, 0) is 18.9 Å². The van der Waals surface area contributed by atoms with E-state index in [1.165, 1.54) is 32.1 Å². The van der Waals surface area contributed by atoms with Gasteiger partial charge in [0.1, 0.15) is 0 Å². The van der Waals surface area contributed by atoms with Crippen molar-refractivity contribution in [2.24, 2.45) is 4.99 Å². The molecule has 4 rings (SSSR count). The van der Waals surface area contributed by atoms with Gasteiger partial charge in [-0.1, -0.05) is 19.3 Å². The molecule has 0 unspecified atom stereocenters. The van der Waals surface area contributed by atoms with E-state index < -0.39 is 0 Å². The minimum atomic E-state index is 0. The summed E-state index contributed by atoms with van der Waals surface area (Å²) in [4.78, 5) is 20.7. The molecular formula is C23H41IN8O. The number of anilines is 1. The van der Waals surface area contributed by atoms with Crippen LogP contribution in [0.25, 0.3) is 0 Å². The number of hydrogen-bond donors (Lipinski definition) is 2. The lowest BCUT2D eigenvalue weighted by atomic mass is 9.80. The zero-order valence-electron chi connectivity index (χ0n) is 20.0. The highest BCUT2D eigenvalue weighted by Gasteiger charge is 2.38. The largest absolute Gasteiger partial charge is 0.379 e. The summed E-state index contributed by atoms with van der Waals surface area (Å²) >= 11 is 0. The molecule has 2 saturated heterocycles. The molecule has 0 atom stereocenters. The van der Waals surface area contributed by atoms with Crippen molar-refractivity contribution in [3.63, 3.8) is 0 Å². The molecule has 3 heterocycles.